The lowest BCUT2D eigenvalue weighted by molar-refractivity contribution is -0.383. The quantitative estimate of drug-likeness (QED) is 0.445. The Labute approximate surface area is 105 Å². The molecule has 2 N–H and O–H groups in total. The van der Waals surface area contributed by atoms with Crippen molar-refractivity contribution >= 4 is 28.8 Å². The van der Waals surface area contributed by atoms with Crippen LogP contribution in [0.25, 0.3) is 0 Å². The molecule has 0 aliphatic rings. The summed E-state index contributed by atoms with van der Waals surface area (Å²) in [4.78, 5) is 10.7. The molecule has 1 aromatic carbocycles. The van der Waals surface area contributed by atoms with Crippen molar-refractivity contribution < 1.29 is 4.92 Å². The summed E-state index contributed by atoms with van der Waals surface area (Å²) in [5.74, 6) is 1.05. The van der Waals surface area contributed by atoms with Gasteiger partial charge < -0.3 is 10.6 Å². The first kappa shape index (κ1) is 13.6. The third kappa shape index (κ3) is 3.81. The predicted molar refractivity (Wildman–Crippen MR) is 74.1 cm³/mol. The lowest BCUT2D eigenvalue weighted by Crippen LogP contribution is -2.06. The number of nitro benzene ring substituents is 1. The number of thioether (sulfide) groups is 1. The molecule has 1 rings (SSSR count). The van der Waals surface area contributed by atoms with Crippen LogP contribution in [0.15, 0.2) is 18.2 Å². The van der Waals surface area contributed by atoms with Crippen molar-refractivity contribution in [1.82, 2.24) is 0 Å². The third-order valence-electron chi connectivity index (χ3n) is 2.33. The number of rotatable bonds is 7. The van der Waals surface area contributed by atoms with E-state index in [0.717, 1.165) is 18.7 Å². The molecule has 94 valence electrons. The molecule has 0 radical (unpaired) electrons. The van der Waals surface area contributed by atoms with Crippen LogP contribution in [0.2, 0.25) is 0 Å². The number of benzene rings is 1. The second kappa shape index (κ2) is 7.01. The van der Waals surface area contributed by atoms with E-state index in [1.807, 2.05) is 6.26 Å². The van der Waals surface area contributed by atoms with Gasteiger partial charge in [0.25, 0.3) is 0 Å². The van der Waals surface area contributed by atoms with Crippen LogP contribution in [0, 0.1) is 10.1 Å². The number of nitro groups is 1. The largest absolute Gasteiger partial charge is 0.382 e. The molecule has 0 heterocycles. The Balaban J connectivity index is 2.79. The molecule has 0 fully saturated rings. The lowest BCUT2D eigenvalue weighted by atomic mass is 10.2. The normalized spacial score (nSPS) is 10.0. The molecule has 5 nitrogen and oxygen atoms in total. The Bertz CT molecular complexity index is 385. The molecule has 1 aromatic rings. The van der Waals surface area contributed by atoms with Crippen LogP contribution in [0.1, 0.15) is 6.42 Å². The van der Waals surface area contributed by atoms with Gasteiger partial charge in [0.15, 0.2) is 0 Å². The van der Waals surface area contributed by atoms with Crippen molar-refractivity contribution in [3.8, 4) is 0 Å². The first-order valence-corrected chi connectivity index (χ1v) is 6.78. The second-order valence-corrected chi connectivity index (χ2v) is 4.47. The van der Waals surface area contributed by atoms with Crippen LogP contribution in [0.3, 0.4) is 0 Å². The lowest BCUT2D eigenvalue weighted by Gasteiger charge is -2.09. The summed E-state index contributed by atoms with van der Waals surface area (Å²) in [5.41, 5.74) is 1.21. The molecule has 0 spiro atoms. The van der Waals surface area contributed by atoms with Crippen molar-refractivity contribution in [3.05, 3.63) is 28.3 Å². The summed E-state index contributed by atoms with van der Waals surface area (Å²) in [6, 6.07) is 5.24. The highest BCUT2D eigenvalue weighted by molar-refractivity contribution is 7.98. The molecule has 0 aromatic heterocycles. The van der Waals surface area contributed by atoms with Crippen molar-refractivity contribution in [2.24, 2.45) is 0 Å². The molecule has 17 heavy (non-hydrogen) atoms. The van der Waals surface area contributed by atoms with Crippen LogP contribution in [-0.4, -0.2) is 30.5 Å². The highest BCUT2D eigenvalue weighted by Gasteiger charge is 2.18. The molecule has 0 amide bonds. The summed E-state index contributed by atoms with van der Waals surface area (Å²) in [7, 11) is 1.68. The van der Waals surface area contributed by atoms with Crippen LogP contribution in [0.4, 0.5) is 17.1 Å². The minimum atomic E-state index is -0.358. The molecule has 0 atom stereocenters. The van der Waals surface area contributed by atoms with Gasteiger partial charge in [-0.25, -0.2) is 0 Å². The minimum absolute atomic E-state index is 0.110. The standard InChI is InChI=1S/C11H17N3O2S/c1-12-9-5-3-6-10(11(9)14(15)16)13-7-4-8-17-2/h3,5-6,12-13H,4,7-8H2,1-2H3. The van der Waals surface area contributed by atoms with E-state index >= 15 is 0 Å². The van der Waals surface area contributed by atoms with Crippen LogP contribution in [-0.2, 0) is 0 Å². The predicted octanol–water partition coefficient (Wildman–Crippen LogP) is 2.80. The van der Waals surface area contributed by atoms with Gasteiger partial charge in [0, 0.05) is 13.6 Å². The highest BCUT2D eigenvalue weighted by atomic mass is 32.2. The molecule has 0 aliphatic carbocycles. The van der Waals surface area contributed by atoms with Gasteiger partial charge in [0.2, 0.25) is 0 Å². The first-order valence-electron chi connectivity index (χ1n) is 5.38. The van der Waals surface area contributed by atoms with E-state index < -0.39 is 0 Å². The van der Waals surface area contributed by atoms with E-state index in [1.54, 1.807) is 37.0 Å². The van der Waals surface area contributed by atoms with Gasteiger partial charge in [0.1, 0.15) is 11.4 Å². The molecule has 0 saturated carbocycles. The average Bonchev–Trinajstić information content (AvgIpc) is 2.33. The zero-order valence-corrected chi connectivity index (χ0v) is 10.8. The SMILES string of the molecule is CNc1cccc(NCCCSC)c1[N+](=O)[O-]. The van der Waals surface area contributed by atoms with Crippen molar-refractivity contribution in [3.63, 3.8) is 0 Å². The topological polar surface area (TPSA) is 67.2 Å². The maximum atomic E-state index is 11.0. The first-order chi connectivity index (χ1) is 8.20. The van der Waals surface area contributed by atoms with Gasteiger partial charge in [-0.3, -0.25) is 10.1 Å². The van der Waals surface area contributed by atoms with Crippen LogP contribution >= 0.6 is 11.8 Å². The monoisotopic (exact) mass is 255 g/mol. The van der Waals surface area contributed by atoms with Crippen LogP contribution in [0.5, 0.6) is 0 Å². The van der Waals surface area contributed by atoms with Gasteiger partial charge in [-0.2, -0.15) is 11.8 Å². The number of hydrogen-bond donors (Lipinski definition) is 2. The highest BCUT2D eigenvalue weighted by Crippen LogP contribution is 2.32. The fourth-order valence-corrected chi connectivity index (χ4v) is 1.96. The summed E-state index contributed by atoms with van der Waals surface area (Å²) in [6.07, 6.45) is 3.03. The van der Waals surface area contributed by atoms with Crippen molar-refractivity contribution in [1.29, 1.82) is 0 Å². The Hall–Kier alpha value is -1.43. The average molecular weight is 255 g/mol. The maximum absolute atomic E-state index is 11.0. The molecule has 0 saturated heterocycles. The van der Waals surface area contributed by atoms with Gasteiger partial charge in [-0.15, -0.1) is 0 Å². The Morgan fingerprint density at radius 1 is 1.41 bits per heavy atom. The van der Waals surface area contributed by atoms with Crippen LogP contribution < -0.4 is 10.6 Å². The summed E-state index contributed by atoms with van der Waals surface area (Å²) < 4.78 is 0. The van der Waals surface area contributed by atoms with Gasteiger partial charge in [-0.05, 0) is 30.6 Å². The fourth-order valence-electron chi connectivity index (χ4n) is 1.52. The zero-order valence-electron chi connectivity index (χ0n) is 10.0. The molecular formula is C11H17N3O2S. The van der Waals surface area contributed by atoms with E-state index in [4.69, 9.17) is 0 Å². The van der Waals surface area contributed by atoms with E-state index in [0.29, 0.717) is 11.4 Å². The fraction of sp³-hybridized carbons (Fsp3) is 0.455. The summed E-state index contributed by atoms with van der Waals surface area (Å²) in [6.45, 7) is 0.745. The Kier molecular flexibility index (Phi) is 5.62. The van der Waals surface area contributed by atoms with E-state index in [9.17, 15) is 10.1 Å². The van der Waals surface area contributed by atoms with Gasteiger partial charge in [-0.1, -0.05) is 6.07 Å². The smallest absolute Gasteiger partial charge is 0.315 e. The van der Waals surface area contributed by atoms with Gasteiger partial charge in [0.05, 0.1) is 4.92 Å². The minimum Gasteiger partial charge on any atom is -0.382 e. The van der Waals surface area contributed by atoms with E-state index in [-0.39, 0.29) is 10.6 Å². The molecule has 0 bridgehead atoms. The summed E-state index contributed by atoms with van der Waals surface area (Å²) in [5, 5.41) is 17.0. The second-order valence-electron chi connectivity index (χ2n) is 3.48. The summed E-state index contributed by atoms with van der Waals surface area (Å²) >= 11 is 1.77. The Morgan fingerprint density at radius 2 is 2.12 bits per heavy atom. The molecule has 6 heteroatoms. The molecule has 0 aliphatic heterocycles. The number of para-hydroxylation sites is 1. The number of hydrogen-bond acceptors (Lipinski definition) is 5. The molecule has 0 unspecified atom stereocenters. The molecular weight excluding hydrogens is 238 g/mol. The number of nitrogens with zero attached hydrogens (tertiary/aromatic N) is 1. The van der Waals surface area contributed by atoms with E-state index in [1.165, 1.54) is 0 Å². The van der Waals surface area contributed by atoms with Gasteiger partial charge >= 0.3 is 5.69 Å². The third-order valence-corrected chi connectivity index (χ3v) is 3.03. The number of anilines is 2. The maximum Gasteiger partial charge on any atom is 0.315 e. The Morgan fingerprint density at radius 3 is 2.71 bits per heavy atom. The van der Waals surface area contributed by atoms with E-state index in [2.05, 4.69) is 10.6 Å². The zero-order chi connectivity index (χ0) is 12.7. The number of nitrogens with one attached hydrogen (secondary N) is 2. The van der Waals surface area contributed by atoms with Crippen molar-refractivity contribution in [2.75, 3.05) is 36.2 Å². The van der Waals surface area contributed by atoms with Crippen molar-refractivity contribution in [2.45, 2.75) is 6.42 Å².